The van der Waals surface area contributed by atoms with Crippen LogP contribution < -0.4 is 5.73 Å². The van der Waals surface area contributed by atoms with Crippen LogP contribution in [-0.4, -0.2) is 37.7 Å². The Morgan fingerprint density at radius 1 is 1.64 bits per heavy atom. The van der Waals surface area contributed by atoms with Gasteiger partial charge in [-0.25, -0.2) is 0 Å². The first-order valence-corrected chi connectivity index (χ1v) is 3.62. The molecule has 0 saturated carbocycles. The Morgan fingerprint density at radius 2 is 1.82 bits per heavy atom. The molecular formula is C3H9NO6S. The molecule has 0 aliphatic heterocycles. The predicted molar refractivity (Wildman–Crippen MR) is 34.8 cm³/mol. The van der Waals surface area contributed by atoms with E-state index in [0.29, 0.717) is 0 Å². The topological polar surface area (TPSA) is 127 Å². The molecule has 0 heterocycles. The maximum atomic E-state index is 9.34. The van der Waals surface area contributed by atoms with Gasteiger partial charge in [-0.1, -0.05) is 0 Å². The van der Waals surface area contributed by atoms with Gasteiger partial charge < -0.3 is 10.8 Å². The first kappa shape index (κ1) is 12.9. The summed E-state index contributed by atoms with van der Waals surface area (Å²) >= 11 is 0. The zero-order valence-electron chi connectivity index (χ0n) is 5.72. The SMILES string of the molecule is COS(=O)(=O)O.NC(=O)CO. The summed E-state index contributed by atoms with van der Waals surface area (Å²) in [7, 11) is -3.29. The number of rotatable bonds is 2. The lowest BCUT2D eigenvalue weighted by atomic mass is 10.7. The van der Waals surface area contributed by atoms with Gasteiger partial charge in [0.25, 0.3) is 0 Å². The number of primary amides is 1. The maximum Gasteiger partial charge on any atom is 0.397 e. The van der Waals surface area contributed by atoms with Gasteiger partial charge in [-0.15, -0.1) is 0 Å². The number of nitrogens with two attached hydrogens (primary N) is 1. The van der Waals surface area contributed by atoms with Crippen LogP contribution in [0.2, 0.25) is 0 Å². The highest BCUT2D eigenvalue weighted by molar-refractivity contribution is 7.80. The van der Waals surface area contributed by atoms with E-state index in [2.05, 4.69) is 9.92 Å². The second kappa shape index (κ2) is 6.04. The molecule has 0 aliphatic rings. The van der Waals surface area contributed by atoms with Crippen LogP contribution in [0.5, 0.6) is 0 Å². The van der Waals surface area contributed by atoms with E-state index < -0.39 is 22.9 Å². The van der Waals surface area contributed by atoms with Crippen molar-refractivity contribution in [1.29, 1.82) is 0 Å². The highest BCUT2D eigenvalue weighted by Gasteiger charge is 1.94. The number of carbonyl (C=O) groups is 1. The van der Waals surface area contributed by atoms with E-state index >= 15 is 0 Å². The molecule has 7 nitrogen and oxygen atoms in total. The van der Waals surface area contributed by atoms with Crippen molar-refractivity contribution in [2.75, 3.05) is 13.7 Å². The van der Waals surface area contributed by atoms with Crippen LogP contribution in [0.3, 0.4) is 0 Å². The molecule has 8 heteroatoms. The van der Waals surface area contributed by atoms with Crippen LogP contribution in [0.15, 0.2) is 0 Å². The predicted octanol–water partition coefficient (Wildman–Crippen LogP) is -2.10. The van der Waals surface area contributed by atoms with Crippen LogP contribution in [0.4, 0.5) is 0 Å². The molecule has 0 atom stereocenters. The molecule has 0 spiro atoms. The summed E-state index contributed by atoms with van der Waals surface area (Å²) in [4.78, 5) is 9.34. The van der Waals surface area contributed by atoms with Crippen molar-refractivity contribution in [3.05, 3.63) is 0 Å². The highest BCUT2D eigenvalue weighted by Crippen LogP contribution is 1.74. The van der Waals surface area contributed by atoms with Gasteiger partial charge in [0.1, 0.15) is 6.61 Å². The molecule has 0 bridgehead atoms. The molecular weight excluding hydrogens is 178 g/mol. The van der Waals surface area contributed by atoms with E-state index in [1.807, 2.05) is 0 Å². The first-order chi connectivity index (χ1) is 4.83. The average molecular weight is 187 g/mol. The number of amides is 1. The van der Waals surface area contributed by atoms with Gasteiger partial charge >= 0.3 is 10.4 Å². The van der Waals surface area contributed by atoms with Gasteiger partial charge in [0, 0.05) is 0 Å². The fourth-order valence-electron chi connectivity index (χ4n) is 0. The molecule has 0 aliphatic carbocycles. The summed E-state index contributed by atoms with van der Waals surface area (Å²) in [6.07, 6.45) is 0. The van der Waals surface area contributed by atoms with Crippen molar-refractivity contribution >= 4 is 16.3 Å². The Balaban J connectivity index is 0. The standard InChI is InChI=1S/C2H5NO2.CH4O4S/c3-2(5)1-4;1-5-6(2,3)4/h4H,1H2,(H2,3,5);1H3,(H,2,3,4). The van der Waals surface area contributed by atoms with Crippen LogP contribution in [0.25, 0.3) is 0 Å². The molecule has 0 aromatic carbocycles. The van der Waals surface area contributed by atoms with E-state index in [0.717, 1.165) is 7.11 Å². The van der Waals surface area contributed by atoms with Crippen molar-refractivity contribution in [1.82, 2.24) is 0 Å². The monoisotopic (exact) mass is 187 g/mol. The smallest absolute Gasteiger partial charge is 0.387 e. The summed E-state index contributed by atoms with van der Waals surface area (Å²) in [5.74, 6) is -0.690. The lowest BCUT2D eigenvalue weighted by molar-refractivity contribution is -0.120. The Kier molecular flexibility index (Phi) is 7.10. The van der Waals surface area contributed by atoms with Crippen molar-refractivity contribution in [3.8, 4) is 0 Å². The van der Waals surface area contributed by atoms with Crippen molar-refractivity contribution < 1.29 is 27.1 Å². The number of aliphatic hydroxyl groups excluding tert-OH is 1. The molecule has 0 fully saturated rings. The van der Waals surface area contributed by atoms with Crippen LogP contribution in [-0.2, 0) is 19.4 Å². The molecule has 68 valence electrons. The lowest BCUT2D eigenvalue weighted by Crippen LogP contribution is -2.14. The first-order valence-electron chi connectivity index (χ1n) is 2.25. The molecule has 4 N–H and O–H groups in total. The minimum Gasteiger partial charge on any atom is -0.387 e. The molecule has 11 heavy (non-hydrogen) atoms. The van der Waals surface area contributed by atoms with Gasteiger partial charge in [-0.05, 0) is 0 Å². The molecule has 0 unspecified atom stereocenters. The van der Waals surface area contributed by atoms with E-state index in [1.54, 1.807) is 0 Å². The maximum absolute atomic E-state index is 9.34. The van der Waals surface area contributed by atoms with Gasteiger partial charge in [0.05, 0.1) is 7.11 Å². The number of hydrogen-bond acceptors (Lipinski definition) is 5. The highest BCUT2D eigenvalue weighted by atomic mass is 32.3. The van der Waals surface area contributed by atoms with Crippen LogP contribution in [0, 0.1) is 0 Å². The molecule has 1 amide bonds. The molecule has 0 aromatic rings. The Hall–Kier alpha value is -0.700. The van der Waals surface area contributed by atoms with Crippen molar-refractivity contribution in [2.24, 2.45) is 5.73 Å². The quantitative estimate of drug-likeness (QED) is 0.425. The van der Waals surface area contributed by atoms with Crippen LogP contribution >= 0.6 is 0 Å². The summed E-state index contributed by atoms with van der Waals surface area (Å²) < 4.78 is 29.7. The van der Waals surface area contributed by atoms with Crippen molar-refractivity contribution in [3.63, 3.8) is 0 Å². The fraction of sp³-hybridized carbons (Fsp3) is 0.667. The molecule has 0 radical (unpaired) electrons. The summed E-state index contributed by atoms with van der Waals surface area (Å²) in [5.41, 5.74) is 4.40. The number of carbonyl (C=O) groups excluding carboxylic acids is 1. The average Bonchev–Trinajstić information content (AvgIpc) is 1.88. The summed E-state index contributed by atoms with van der Waals surface area (Å²) in [5, 5.41) is 7.67. The third-order valence-electron chi connectivity index (χ3n) is 0.366. The molecule has 0 rings (SSSR count). The normalized spacial score (nSPS) is 9.73. The van der Waals surface area contributed by atoms with E-state index in [4.69, 9.17) is 9.66 Å². The minimum atomic E-state index is -4.16. The van der Waals surface area contributed by atoms with Gasteiger partial charge in [-0.2, -0.15) is 8.42 Å². The van der Waals surface area contributed by atoms with Gasteiger partial charge in [-0.3, -0.25) is 13.5 Å². The zero-order valence-corrected chi connectivity index (χ0v) is 6.54. The Bertz CT molecular complexity index is 196. The van der Waals surface area contributed by atoms with Gasteiger partial charge in [0.15, 0.2) is 0 Å². The second-order valence-electron chi connectivity index (χ2n) is 1.22. The van der Waals surface area contributed by atoms with Crippen molar-refractivity contribution in [2.45, 2.75) is 0 Å². The summed E-state index contributed by atoms with van der Waals surface area (Å²) in [6, 6.07) is 0. The second-order valence-corrected chi connectivity index (χ2v) is 2.41. The molecule has 0 aromatic heterocycles. The van der Waals surface area contributed by atoms with E-state index in [-0.39, 0.29) is 0 Å². The largest absolute Gasteiger partial charge is 0.397 e. The third kappa shape index (κ3) is 26.8. The summed E-state index contributed by atoms with van der Waals surface area (Å²) in [6.45, 7) is -0.556. The number of hydrogen-bond donors (Lipinski definition) is 3. The molecule has 0 saturated heterocycles. The lowest BCUT2D eigenvalue weighted by Gasteiger charge is -1.82. The zero-order chi connectivity index (χ0) is 9.49. The van der Waals surface area contributed by atoms with E-state index in [1.165, 1.54) is 0 Å². The third-order valence-corrected chi connectivity index (χ3v) is 0.788. The Labute approximate surface area is 63.7 Å². The van der Waals surface area contributed by atoms with E-state index in [9.17, 15) is 13.2 Å². The number of aliphatic hydroxyl groups is 1. The fourth-order valence-corrected chi connectivity index (χ4v) is 0. The van der Waals surface area contributed by atoms with Gasteiger partial charge in [0.2, 0.25) is 5.91 Å². The minimum absolute atomic E-state index is 0.556. The Morgan fingerprint density at radius 3 is 1.82 bits per heavy atom. The van der Waals surface area contributed by atoms with Crippen LogP contribution in [0.1, 0.15) is 0 Å².